The van der Waals surface area contributed by atoms with Gasteiger partial charge in [0.2, 0.25) is 0 Å². The van der Waals surface area contributed by atoms with Crippen molar-refractivity contribution in [1.29, 1.82) is 0 Å². The molecule has 1 aromatic carbocycles. The normalized spacial score (nSPS) is 12.1. The minimum atomic E-state index is -0.359. The van der Waals surface area contributed by atoms with E-state index < -0.39 is 0 Å². The summed E-state index contributed by atoms with van der Waals surface area (Å²) < 4.78 is 0. The van der Waals surface area contributed by atoms with E-state index in [1.165, 1.54) is 0 Å². The van der Waals surface area contributed by atoms with Gasteiger partial charge in [-0.25, -0.2) is 19.9 Å². The Morgan fingerprint density at radius 2 is 2.04 bits per heavy atom. The molecule has 118 valence electrons. The molecule has 0 radical (unpaired) electrons. The molecule has 0 aliphatic heterocycles. The zero-order valence-electron chi connectivity index (χ0n) is 12.7. The van der Waals surface area contributed by atoms with Gasteiger partial charge in [0.15, 0.2) is 11.6 Å². The molecule has 0 bridgehead atoms. The number of phenols is 1. The Bertz CT molecular complexity index is 885. The van der Waals surface area contributed by atoms with Gasteiger partial charge in [-0.1, -0.05) is 12.1 Å². The molecule has 3 rings (SSSR count). The van der Waals surface area contributed by atoms with Crippen molar-refractivity contribution in [3.8, 4) is 17.1 Å². The maximum Gasteiger partial charge on any atom is 0.340 e. The summed E-state index contributed by atoms with van der Waals surface area (Å²) in [6.45, 7) is 3.70. The highest BCUT2D eigenvalue weighted by Gasteiger charge is 2.13. The zero-order chi connectivity index (χ0) is 16.4. The summed E-state index contributed by atoms with van der Waals surface area (Å²) >= 11 is 0. The Labute approximate surface area is 131 Å². The summed E-state index contributed by atoms with van der Waals surface area (Å²) in [4.78, 5) is 22.5. The highest BCUT2D eigenvalue weighted by molar-refractivity contribution is 5.64. The minimum Gasteiger partial charge on any atom is -0.507 e. The van der Waals surface area contributed by atoms with Gasteiger partial charge in [-0.15, -0.1) is 0 Å². The predicted octanol–water partition coefficient (Wildman–Crippen LogP) is 1.74. The molecule has 4 N–H and O–H groups in total. The molecule has 0 aliphatic rings. The Morgan fingerprint density at radius 1 is 1.26 bits per heavy atom. The van der Waals surface area contributed by atoms with Crippen LogP contribution in [0, 0.1) is 6.92 Å². The van der Waals surface area contributed by atoms with E-state index in [1.807, 2.05) is 19.9 Å². The van der Waals surface area contributed by atoms with Crippen LogP contribution in [-0.4, -0.2) is 30.3 Å². The number of phenolic OH excluding ortho intramolecular Hbond substituents is 1. The van der Waals surface area contributed by atoms with Crippen molar-refractivity contribution in [2.75, 3.05) is 5.32 Å². The molecule has 8 heteroatoms. The molecule has 1 unspecified atom stereocenters. The number of aryl methyl sites for hydroxylation is 1. The third-order valence-corrected chi connectivity index (χ3v) is 3.29. The van der Waals surface area contributed by atoms with Crippen LogP contribution in [0.2, 0.25) is 0 Å². The van der Waals surface area contributed by atoms with Gasteiger partial charge < -0.3 is 10.4 Å². The van der Waals surface area contributed by atoms with Crippen LogP contribution in [0.15, 0.2) is 35.1 Å². The van der Waals surface area contributed by atoms with E-state index in [9.17, 15) is 9.90 Å². The molecule has 0 saturated heterocycles. The Morgan fingerprint density at radius 3 is 2.74 bits per heavy atom. The number of benzene rings is 1. The lowest BCUT2D eigenvalue weighted by atomic mass is 10.2. The Hall–Kier alpha value is -3.16. The van der Waals surface area contributed by atoms with Crippen LogP contribution in [-0.2, 0) is 0 Å². The molecule has 8 nitrogen and oxygen atoms in total. The lowest BCUT2D eigenvalue weighted by Gasteiger charge is -2.13. The second kappa shape index (κ2) is 5.91. The first-order chi connectivity index (χ1) is 11.0. The smallest absolute Gasteiger partial charge is 0.340 e. The number of aromatic hydroxyl groups is 1. The van der Waals surface area contributed by atoms with Crippen molar-refractivity contribution in [1.82, 2.24) is 25.1 Å². The molecule has 0 saturated carbocycles. The maximum atomic E-state index is 11.1. The highest BCUT2D eigenvalue weighted by Crippen LogP contribution is 2.27. The van der Waals surface area contributed by atoms with Gasteiger partial charge in [0, 0.05) is 11.8 Å². The molecule has 2 aromatic heterocycles. The first-order valence-electron chi connectivity index (χ1n) is 7.08. The number of anilines is 1. The molecular weight excluding hydrogens is 296 g/mol. The lowest BCUT2D eigenvalue weighted by molar-refractivity contribution is 0.477. The summed E-state index contributed by atoms with van der Waals surface area (Å²) in [5.41, 5.74) is 0.950. The average Bonchev–Trinajstić information content (AvgIpc) is 2.94. The van der Waals surface area contributed by atoms with E-state index in [-0.39, 0.29) is 17.5 Å². The topological polar surface area (TPSA) is 120 Å². The first kappa shape index (κ1) is 14.8. The van der Waals surface area contributed by atoms with Crippen LogP contribution >= 0.6 is 0 Å². The average molecular weight is 312 g/mol. The highest BCUT2D eigenvalue weighted by atomic mass is 16.3. The Balaban J connectivity index is 1.92. The zero-order valence-corrected chi connectivity index (χ0v) is 12.7. The number of aromatic amines is 2. The molecule has 23 heavy (non-hydrogen) atoms. The summed E-state index contributed by atoms with van der Waals surface area (Å²) in [7, 11) is 0. The van der Waals surface area contributed by atoms with E-state index in [1.54, 1.807) is 24.3 Å². The number of nitrogens with one attached hydrogen (secondary N) is 3. The fraction of sp³-hybridized carbons (Fsp3) is 0.200. The number of para-hydroxylation sites is 1. The fourth-order valence-electron chi connectivity index (χ4n) is 2.20. The van der Waals surface area contributed by atoms with E-state index in [0.29, 0.717) is 23.0 Å². The number of nitrogens with zero attached hydrogens (tertiary/aromatic N) is 3. The summed E-state index contributed by atoms with van der Waals surface area (Å²) in [6.07, 6.45) is 0. The maximum absolute atomic E-state index is 11.1. The van der Waals surface area contributed by atoms with Gasteiger partial charge in [0.1, 0.15) is 11.6 Å². The van der Waals surface area contributed by atoms with Gasteiger partial charge in [-0.05, 0) is 26.0 Å². The summed E-state index contributed by atoms with van der Waals surface area (Å²) in [5.74, 6) is 1.60. The van der Waals surface area contributed by atoms with Crippen molar-refractivity contribution >= 4 is 5.82 Å². The van der Waals surface area contributed by atoms with Gasteiger partial charge in [0.25, 0.3) is 0 Å². The van der Waals surface area contributed by atoms with Gasteiger partial charge >= 0.3 is 5.69 Å². The summed E-state index contributed by atoms with van der Waals surface area (Å²) in [6, 6.07) is 8.42. The molecular formula is C15H16N6O2. The third-order valence-electron chi connectivity index (χ3n) is 3.29. The monoisotopic (exact) mass is 312 g/mol. The van der Waals surface area contributed by atoms with Crippen molar-refractivity contribution in [2.45, 2.75) is 19.9 Å². The molecule has 2 heterocycles. The number of hydrogen-bond donors (Lipinski definition) is 4. The van der Waals surface area contributed by atoms with Gasteiger partial charge in [-0.3, -0.25) is 4.98 Å². The predicted molar refractivity (Wildman–Crippen MR) is 85.1 cm³/mol. The van der Waals surface area contributed by atoms with Crippen molar-refractivity contribution in [2.24, 2.45) is 0 Å². The SMILES string of the molecule is Cc1cc(NC(C)c2n[nH]c(=O)[nH]2)nc(-c2ccccc2O)n1. The Kier molecular flexibility index (Phi) is 3.80. The number of hydrogen-bond acceptors (Lipinski definition) is 6. The molecule has 0 fully saturated rings. The molecule has 0 spiro atoms. The van der Waals surface area contributed by atoms with Crippen LogP contribution in [0.25, 0.3) is 11.4 Å². The van der Waals surface area contributed by atoms with Gasteiger partial charge in [-0.2, -0.15) is 5.10 Å². The van der Waals surface area contributed by atoms with Gasteiger partial charge in [0.05, 0.1) is 11.6 Å². The van der Waals surface area contributed by atoms with Crippen LogP contribution < -0.4 is 11.0 Å². The second-order valence-electron chi connectivity index (χ2n) is 5.16. The summed E-state index contributed by atoms with van der Waals surface area (Å²) in [5, 5.41) is 19.3. The number of aromatic nitrogens is 5. The first-order valence-corrected chi connectivity index (χ1v) is 7.08. The largest absolute Gasteiger partial charge is 0.507 e. The van der Waals surface area contributed by atoms with Crippen molar-refractivity contribution in [3.05, 3.63) is 52.3 Å². The molecule has 0 amide bonds. The quantitative estimate of drug-likeness (QED) is 0.582. The minimum absolute atomic E-state index is 0.119. The fourth-order valence-corrected chi connectivity index (χ4v) is 2.20. The standard InChI is InChI=1S/C15H16N6O2/c1-8-7-12(17-9(2)13-19-15(23)21-20-13)18-14(16-8)10-5-3-4-6-11(10)22/h3-7,9,22H,1-2H3,(H,16,17,18)(H2,19,20,21,23). The van der Waals surface area contributed by atoms with Crippen LogP contribution in [0.3, 0.4) is 0 Å². The van der Waals surface area contributed by atoms with Crippen molar-refractivity contribution in [3.63, 3.8) is 0 Å². The molecule has 0 aliphatic carbocycles. The number of H-pyrrole nitrogens is 2. The van der Waals surface area contributed by atoms with Crippen LogP contribution in [0.5, 0.6) is 5.75 Å². The molecule has 3 aromatic rings. The van der Waals surface area contributed by atoms with Crippen LogP contribution in [0.4, 0.5) is 5.82 Å². The van der Waals surface area contributed by atoms with E-state index in [0.717, 1.165) is 5.69 Å². The third kappa shape index (κ3) is 3.20. The van der Waals surface area contributed by atoms with E-state index in [2.05, 4.69) is 30.5 Å². The van der Waals surface area contributed by atoms with Crippen LogP contribution in [0.1, 0.15) is 24.5 Å². The van der Waals surface area contributed by atoms with Crippen molar-refractivity contribution < 1.29 is 5.11 Å². The second-order valence-corrected chi connectivity index (χ2v) is 5.16. The number of rotatable bonds is 4. The van der Waals surface area contributed by atoms with E-state index >= 15 is 0 Å². The lowest BCUT2D eigenvalue weighted by Crippen LogP contribution is -2.12. The van der Waals surface area contributed by atoms with E-state index in [4.69, 9.17) is 0 Å². The molecule has 1 atom stereocenters.